The molecule has 3 N–H and O–H groups in total. The van der Waals surface area contributed by atoms with Gasteiger partial charge in [-0.3, -0.25) is 13.3 Å². The lowest BCUT2D eigenvalue weighted by atomic mass is 9.80. The van der Waals surface area contributed by atoms with E-state index >= 15 is 0 Å². The molecule has 11 heteroatoms. The van der Waals surface area contributed by atoms with E-state index in [0.29, 0.717) is 33.5 Å². The van der Waals surface area contributed by atoms with Crippen molar-refractivity contribution in [2.45, 2.75) is 25.3 Å². The number of halogens is 1. The highest BCUT2D eigenvalue weighted by Gasteiger charge is 2.30. The Kier molecular flexibility index (Phi) is 6.87. The van der Waals surface area contributed by atoms with Crippen LogP contribution in [0.4, 0.5) is 10.1 Å². The third kappa shape index (κ3) is 5.03. The molecule has 0 bridgehead atoms. The predicted octanol–water partition coefficient (Wildman–Crippen LogP) is 2.96. The minimum Gasteiger partial charge on any atom is -0.755 e. The number of carbonyl (C=O) groups excluding carboxylic acids is 1. The van der Waals surface area contributed by atoms with Gasteiger partial charge in [0.1, 0.15) is 17.2 Å². The molecule has 1 fully saturated rings. The van der Waals surface area contributed by atoms with Crippen LogP contribution in [0.25, 0.3) is 22.3 Å². The topological polar surface area (TPSA) is 126 Å². The van der Waals surface area contributed by atoms with E-state index in [0.717, 1.165) is 24.0 Å². The summed E-state index contributed by atoms with van der Waals surface area (Å²) in [5.74, 6) is -0.224. The molecule has 0 aliphatic heterocycles. The first-order chi connectivity index (χ1) is 17.8. The number of furan rings is 1. The van der Waals surface area contributed by atoms with Gasteiger partial charge in [-0.25, -0.2) is 4.39 Å². The molecule has 1 aliphatic rings. The Morgan fingerprint density at radius 2 is 1.84 bits per heavy atom. The number of hydrogen-bond acceptors (Lipinski definition) is 6. The molecular weight excluding hydrogens is 498 g/mol. The van der Waals surface area contributed by atoms with Gasteiger partial charge in [0.2, 0.25) is 0 Å². The van der Waals surface area contributed by atoms with Crippen LogP contribution < -0.4 is 15.1 Å². The van der Waals surface area contributed by atoms with Gasteiger partial charge in [0, 0.05) is 35.0 Å². The molecule has 1 amide bonds. The zero-order chi connectivity index (χ0) is 26.3. The van der Waals surface area contributed by atoms with Crippen LogP contribution in [-0.2, 0) is 17.8 Å². The van der Waals surface area contributed by atoms with Crippen molar-refractivity contribution in [3.63, 3.8) is 0 Å². The van der Waals surface area contributed by atoms with Gasteiger partial charge < -0.3 is 24.3 Å². The summed E-state index contributed by atoms with van der Waals surface area (Å²) in [5.41, 5.74) is 3.55. The molecule has 190 valence electrons. The summed E-state index contributed by atoms with van der Waals surface area (Å²) in [6.45, 7) is 0.0147. The third-order valence-electron chi connectivity index (χ3n) is 6.50. The molecule has 37 heavy (non-hydrogen) atoms. The maximum absolute atomic E-state index is 13.5. The average molecular weight is 521 g/mol. The lowest BCUT2D eigenvalue weighted by molar-refractivity contribution is 0.0964. The normalized spacial score (nSPS) is 14.0. The zero-order valence-electron chi connectivity index (χ0n) is 19.8. The van der Waals surface area contributed by atoms with Crippen molar-refractivity contribution < 1.29 is 32.4 Å². The molecule has 1 heterocycles. The summed E-state index contributed by atoms with van der Waals surface area (Å²) in [4.78, 5) is 12.9. The molecule has 0 saturated heterocycles. The lowest BCUT2D eigenvalue weighted by Crippen LogP contribution is -2.30. The number of amides is 1. The fourth-order valence-electron chi connectivity index (χ4n) is 4.47. The number of rotatable bonds is 8. The highest BCUT2D eigenvalue weighted by atomic mass is 32.2. The van der Waals surface area contributed by atoms with Crippen LogP contribution >= 0.6 is 0 Å². The molecule has 3 aromatic carbocycles. The maximum Gasteiger partial charge on any atom is 0.488 e. The Hall–Kier alpha value is -3.51. The van der Waals surface area contributed by atoms with E-state index in [1.54, 1.807) is 6.07 Å². The molecule has 4 aromatic rings. The molecule has 5 rings (SSSR count). The van der Waals surface area contributed by atoms with Gasteiger partial charge in [0.25, 0.3) is 5.91 Å². The molecule has 8 nitrogen and oxygen atoms in total. The van der Waals surface area contributed by atoms with E-state index in [9.17, 15) is 28.0 Å². The number of carbonyl (C=O) groups is 1. The Bertz CT molecular complexity index is 1490. The monoisotopic (exact) mass is 521 g/mol. The van der Waals surface area contributed by atoms with Crippen molar-refractivity contribution in [1.82, 2.24) is 5.32 Å². The quantitative estimate of drug-likeness (QED) is 0.242. The van der Waals surface area contributed by atoms with Crippen molar-refractivity contribution in [2.24, 2.45) is 0 Å². The van der Waals surface area contributed by atoms with Crippen molar-refractivity contribution in [3.8, 4) is 11.3 Å². The smallest absolute Gasteiger partial charge is 0.488 e. The van der Waals surface area contributed by atoms with Gasteiger partial charge >= 0.3 is 7.12 Å². The number of nitrogens with zero attached hydrogens (tertiary/aromatic N) is 1. The molecule has 1 saturated carbocycles. The molecule has 0 radical (unpaired) electrons. The lowest BCUT2D eigenvalue weighted by Gasteiger charge is -2.27. The van der Waals surface area contributed by atoms with E-state index in [4.69, 9.17) is 4.42 Å². The minimum absolute atomic E-state index is 0.0147. The minimum atomic E-state index is -2.62. The zero-order valence-corrected chi connectivity index (χ0v) is 20.6. The van der Waals surface area contributed by atoms with Crippen molar-refractivity contribution in [1.29, 1.82) is 0 Å². The summed E-state index contributed by atoms with van der Waals surface area (Å²) in [5, 5.41) is 21.9. The largest absolute Gasteiger partial charge is 0.755 e. The molecule has 1 aromatic heterocycles. The van der Waals surface area contributed by atoms with Gasteiger partial charge in [-0.1, -0.05) is 12.1 Å². The number of benzene rings is 3. The van der Waals surface area contributed by atoms with Crippen LogP contribution in [0.5, 0.6) is 0 Å². The highest BCUT2D eigenvalue weighted by molar-refractivity contribution is 7.80. The van der Waals surface area contributed by atoms with Crippen LogP contribution in [0.3, 0.4) is 0 Å². The summed E-state index contributed by atoms with van der Waals surface area (Å²) < 4.78 is 45.2. The van der Waals surface area contributed by atoms with Crippen LogP contribution in [0.2, 0.25) is 0 Å². The Labute approximate surface area is 215 Å². The average Bonchev–Trinajstić information content (AvgIpc) is 3.67. The molecular formula is C26H23BFN2O6S-. The summed E-state index contributed by atoms with van der Waals surface area (Å²) in [7, 11) is -0.137. The SMILES string of the molecule is CNC(=O)c1c(-c2ccc(F)cc2)oc2cc(CN(c3ccc(B(O)O)cc3)S(=O)[O-])c(C3CC3)cc12. The first-order valence-electron chi connectivity index (χ1n) is 11.7. The maximum atomic E-state index is 13.5. The molecule has 1 unspecified atom stereocenters. The Morgan fingerprint density at radius 1 is 1.16 bits per heavy atom. The summed E-state index contributed by atoms with van der Waals surface area (Å²) in [6.07, 6.45) is 1.89. The summed E-state index contributed by atoms with van der Waals surface area (Å²) >= 11 is -2.62. The van der Waals surface area contributed by atoms with Crippen LogP contribution in [0, 0.1) is 5.82 Å². The van der Waals surface area contributed by atoms with Gasteiger partial charge in [0.05, 0.1) is 12.1 Å². The van der Waals surface area contributed by atoms with Crippen molar-refractivity contribution in [2.75, 3.05) is 11.4 Å². The van der Waals surface area contributed by atoms with Crippen molar-refractivity contribution >= 4 is 46.4 Å². The Morgan fingerprint density at radius 3 is 2.41 bits per heavy atom. The molecule has 1 aliphatic carbocycles. The van der Waals surface area contributed by atoms with Crippen LogP contribution in [-0.4, -0.2) is 38.9 Å². The second-order valence-electron chi connectivity index (χ2n) is 8.93. The van der Waals surface area contributed by atoms with Crippen LogP contribution in [0.15, 0.2) is 65.1 Å². The number of nitrogens with one attached hydrogen (secondary N) is 1. The number of hydrogen-bond donors (Lipinski definition) is 3. The highest BCUT2D eigenvalue weighted by Crippen LogP contribution is 2.45. The van der Waals surface area contributed by atoms with E-state index in [1.807, 2.05) is 6.07 Å². The van der Waals surface area contributed by atoms with E-state index in [1.165, 1.54) is 59.9 Å². The van der Waals surface area contributed by atoms with E-state index in [2.05, 4.69) is 5.32 Å². The van der Waals surface area contributed by atoms with Gasteiger partial charge in [-0.2, -0.15) is 0 Å². The van der Waals surface area contributed by atoms with Gasteiger partial charge in [-0.05, 0) is 83.9 Å². The second-order valence-corrected chi connectivity index (χ2v) is 9.81. The first-order valence-corrected chi connectivity index (χ1v) is 12.7. The van der Waals surface area contributed by atoms with Gasteiger partial charge in [0.15, 0.2) is 0 Å². The third-order valence-corrected chi connectivity index (χ3v) is 7.20. The first kappa shape index (κ1) is 25.2. The van der Waals surface area contributed by atoms with E-state index < -0.39 is 24.2 Å². The van der Waals surface area contributed by atoms with Crippen molar-refractivity contribution in [3.05, 3.63) is 83.2 Å². The second kappa shape index (κ2) is 10.1. The fourth-order valence-corrected chi connectivity index (χ4v) is 5.00. The fraction of sp³-hybridized carbons (Fsp3) is 0.192. The number of fused-ring (bicyclic) bond motifs is 1. The predicted molar refractivity (Wildman–Crippen MR) is 138 cm³/mol. The number of anilines is 1. The Balaban J connectivity index is 1.62. The van der Waals surface area contributed by atoms with Gasteiger partial charge in [-0.15, -0.1) is 0 Å². The molecule has 1 atom stereocenters. The molecule has 0 spiro atoms. The standard InChI is InChI=1S/C26H24BFN2O6S/c1-29-26(31)24-22-13-21(15-2-3-15)17(12-23(22)36-25(24)16-4-8-19(28)9-5-16)14-30(37(34)35)20-10-6-18(7-11-20)27(32)33/h4-13,15,32-33H,2-3,14H2,1H3,(H,29,31)(H,34,35)/p-1. The van der Waals surface area contributed by atoms with Crippen LogP contribution in [0.1, 0.15) is 40.2 Å². The van der Waals surface area contributed by atoms with E-state index in [-0.39, 0.29) is 23.8 Å². The summed E-state index contributed by atoms with van der Waals surface area (Å²) in [6, 6.07) is 15.2.